The average molecular weight is 456 g/mol. The lowest BCUT2D eigenvalue weighted by Gasteiger charge is -2.27. The number of nitro groups is 1. The summed E-state index contributed by atoms with van der Waals surface area (Å²) in [6, 6.07) is 2.14. The zero-order chi connectivity index (χ0) is 23.5. The van der Waals surface area contributed by atoms with Crippen LogP contribution in [-0.2, 0) is 19.1 Å². The van der Waals surface area contributed by atoms with E-state index in [0.29, 0.717) is 24.9 Å². The molecule has 0 spiro atoms. The maximum Gasteiger partial charge on any atom is 0.416 e. The first-order valence-corrected chi connectivity index (χ1v) is 10.2. The van der Waals surface area contributed by atoms with Crippen LogP contribution in [0.15, 0.2) is 18.2 Å². The van der Waals surface area contributed by atoms with E-state index < -0.39 is 34.7 Å². The molecule has 1 aliphatic rings. The molecule has 0 atom stereocenters. The molecular weight excluding hydrogens is 432 g/mol. The number of hydrogen-bond donors (Lipinski definition) is 3. The number of alkyl halides is 3. The Labute approximate surface area is 181 Å². The minimum absolute atomic E-state index is 0.122. The highest BCUT2D eigenvalue weighted by atomic mass is 19.4. The van der Waals surface area contributed by atoms with Crippen LogP contribution < -0.4 is 16.8 Å². The molecule has 32 heavy (non-hydrogen) atoms. The summed E-state index contributed by atoms with van der Waals surface area (Å²) < 4.78 is 53.1. The van der Waals surface area contributed by atoms with Gasteiger partial charge in [0.25, 0.3) is 0 Å². The summed E-state index contributed by atoms with van der Waals surface area (Å²) >= 11 is 0. The smallest absolute Gasteiger partial charge is 0.378 e. The van der Waals surface area contributed by atoms with Crippen LogP contribution in [0.5, 0.6) is 0 Å². The first-order valence-electron chi connectivity index (χ1n) is 10.2. The third-order valence-corrected chi connectivity index (χ3v) is 5.76. The van der Waals surface area contributed by atoms with Crippen LogP contribution in [0.2, 0.25) is 0 Å². The Morgan fingerprint density at radius 1 is 1.16 bits per heavy atom. The third kappa shape index (κ3) is 5.61. The van der Waals surface area contributed by atoms with E-state index in [1.807, 2.05) is 0 Å². The van der Waals surface area contributed by atoms with Crippen molar-refractivity contribution in [2.45, 2.75) is 44.8 Å². The molecule has 1 fully saturated rings. The van der Waals surface area contributed by atoms with E-state index >= 15 is 0 Å². The number of nitrogens with one attached hydrogen (secondary N) is 1. The van der Waals surface area contributed by atoms with Crippen LogP contribution in [0.4, 0.5) is 35.0 Å². The quantitative estimate of drug-likeness (QED) is 0.325. The second-order valence-corrected chi connectivity index (χ2v) is 7.96. The molecular formula is C20H24F4N6O2. The largest absolute Gasteiger partial charge is 0.416 e. The number of halogens is 4. The molecule has 1 aromatic carbocycles. The monoisotopic (exact) mass is 456 g/mol. The zero-order valence-electron chi connectivity index (χ0n) is 17.2. The van der Waals surface area contributed by atoms with E-state index in [2.05, 4.69) is 15.3 Å². The molecule has 5 N–H and O–H groups in total. The molecule has 0 aliphatic heterocycles. The fourth-order valence-corrected chi connectivity index (χ4v) is 4.05. The Morgan fingerprint density at radius 3 is 2.41 bits per heavy atom. The van der Waals surface area contributed by atoms with Crippen molar-refractivity contribution in [3.8, 4) is 0 Å². The van der Waals surface area contributed by atoms with Crippen LogP contribution in [-0.4, -0.2) is 21.4 Å². The van der Waals surface area contributed by atoms with Gasteiger partial charge in [-0.05, 0) is 74.2 Å². The topological polar surface area (TPSA) is 133 Å². The highest BCUT2D eigenvalue weighted by molar-refractivity contribution is 5.58. The second-order valence-electron chi connectivity index (χ2n) is 7.96. The Kier molecular flexibility index (Phi) is 7.12. The van der Waals surface area contributed by atoms with Crippen molar-refractivity contribution in [1.82, 2.24) is 9.97 Å². The van der Waals surface area contributed by atoms with Crippen molar-refractivity contribution in [1.29, 1.82) is 0 Å². The first kappa shape index (κ1) is 23.6. The van der Waals surface area contributed by atoms with Gasteiger partial charge < -0.3 is 16.8 Å². The molecule has 0 amide bonds. The number of nitrogen functional groups attached to an aromatic ring is 1. The summed E-state index contributed by atoms with van der Waals surface area (Å²) in [6.45, 7) is 0.159. The van der Waals surface area contributed by atoms with Crippen molar-refractivity contribution < 1.29 is 22.5 Å². The lowest BCUT2D eigenvalue weighted by molar-refractivity contribution is -0.385. The molecule has 0 unspecified atom stereocenters. The standard InChI is InChI=1S/C20H24F4N6O2/c21-14-5-6-15(20(22,23)24)13(8-14)10-27-19-28-16(17(30(31)32)18(26)29-19)7-11-1-3-12(9-25)4-2-11/h5-6,8,11-12H,1-4,7,9-10,25H2,(H3,26,27,28,29). The molecule has 1 aliphatic carbocycles. The lowest BCUT2D eigenvalue weighted by Crippen LogP contribution is -2.23. The summed E-state index contributed by atoms with van der Waals surface area (Å²) in [6.07, 6.45) is -0.870. The van der Waals surface area contributed by atoms with Gasteiger partial charge in [-0.3, -0.25) is 10.1 Å². The molecule has 12 heteroatoms. The van der Waals surface area contributed by atoms with Crippen molar-refractivity contribution in [2.24, 2.45) is 17.6 Å². The molecule has 3 rings (SSSR count). The predicted molar refractivity (Wildman–Crippen MR) is 110 cm³/mol. The fraction of sp³-hybridized carbons (Fsp3) is 0.500. The van der Waals surface area contributed by atoms with Crippen LogP contribution in [0, 0.1) is 27.8 Å². The van der Waals surface area contributed by atoms with Gasteiger partial charge in [-0.1, -0.05) is 0 Å². The molecule has 0 saturated heterocycles. The van der Waals surface area contributed by atoms with E-state index in [4.69, 9.17) is 11.5 Å². The van der Waals surface area contributed by atoms with Crippen molar-refractivity contribution >= 4 is 17.5 Å². The number of rotatable bonds is 7. The molecule has 1 saturated carbocycles. The first-order chi connectivity index (χ1) is 15.1. The van der Waals surface area contributed by atoms with Crippen molar-refractivity contribution in [3.05, 3.63) is 51.0 Å². The fourth-order valence-electron chi connectivity index (χ4n) is 4.05. The predicted octanol–water partition coefficient (Wildman–Crippen LogP) is 4.04. The third-order valence-electron chi connectivity index (χ3n) is 5.76. The molecule has 0 radical (unpaired) electrons. The zero-order valence-corrected chi connectivity index (χ0v) is 17.2. The van der Waals surface area contributed by atoms with Crippen molar-refractivity contribution in [3.63, 3.8) is 0 Å². The van der Waals surface area contributed by atoms with Gasteiger partial charge in [0.2, 0.25) is 11.8 Å². The molecule has 8 nitrogen and oxygen atoms in total. The van der Waals surface area contributed by atoms with E-state index in [0.717, 1.165) is 37.8 Å². The minimum Gasteiger partial charge on any atom is -0.378 e. The van der Waals surface area contributed by atoms with Gasteiger partial charge in [0.15, 0.2) is 0 Å². The molecule has 174 valence electrons. The number of anilines is 2. The van der Waals surface area contributed by atoms with Crippen LogP contribution in [0.3, 0.4) is 0 Å². The number of aromatic nitrogens is 2. The number of nitrogens with two attached hydrogens (primary N) is 2. The molecule has 0 bridgehead atoms. The normalized spacial score (nSPS) is 19.0. The number of hydrogen-bond acceptors (Lipinski definition) is 7. The molecule has 1 heterocycles. The van der Waals surface area contributed by atoms with E-state index in [1.165, 1.54) is 0 Å². The van der Waals surface area contributed by atoms with Gasteiger partial charge in [0.05, 0.1) is 10.5 Å². The summed E-state index contributed by atoms with van der Waals surface area (Å²) in [5.41, 5.74) is 9.85. The van der Waals surface area contributed by atoms with Crippen LogP contribution in [0.25, 0.3) is 0 Å². The Bertz CT molecular complexity index is 977. The molecule has 1 aromatic heterocycles. The van der Waals surface area contributed by atoms with Gasteiger partial charge in [-0.2, -0.15) is 18.2 Å². The Morgan fingerprint density at radius 2 is 1.81 bits per heavy atom. The van der Waals surface area contributed by atoms with Gasteiger partial charge in [0.1, 0.15) is 11.5 Å². The molecule has 2 aromatic rings. The summed E-state index contributed by atoms with van der Waals surface area (Å²) in [5, 5.41) is 14.1. The van der Waals surface area contributed by atoms with Gasteiger partial charge in [-0.25, -0.2) is 9.37 Å². The summed E-state index contributed by atoms with van der Waals surface area (Å²) in [4.78, 5) is 18.8. The second kappa shape index (κ2) is 9.63. The average Bonchev–Trinajstić information content (AvgIpc) is 2.71. The van der Waals surface area contributed by atoms with Crippen LogP contribution >= 0.6 is 0 Å². The number of nitrogens with zero attached hydrogens (tertiary/aromatic N) is 3. The summed E-state index contributed by atoms with van der Waals surface area (Å²) in [5.74, 6) is -0.779. The van der Waals surface area contributed by atoms with Crippen LogP contribution in [0.1, 0.15) is 42.5 Å². The highest BCUT2D eigenvalue weighted by Gasteiger charge is 2.33. The van der Waals surface area contributed by atoms with Gasteiger partial charge >= 0.3 is 11.9 Å². The van der Waals surface area contributed by atoms with Gasteiger partial charge in [-0.15, -0.1) is 0 Å². The lowest BCUT2D eigenvalue weighted by atomic mass is 9.80. The summed E-state index contributed by atoms with van der Waals surface area (Å²) in [7, 11) is 0. The van der Waals surface area contributed by atoms with Crippen molar-refractivity contribution in [2.75, 3.05) is 17.6 Å². The SMILES string of the molecule is NCC1CCC(Cc2nc(NCc3cc(F)ccc3C(F)(F)F)nc(N)c2[N+](=O)[O-])CC1. The number of benzene rings is 1. The van der Waals surface area contributed by atoms with E-state index in [9.17, 15) is 27.7 Å². The highest BCUT2D eigenvalue weighted by Crippen LogP contribution is 2.35. The van der Waals surface area contributed by atoms with Gasteiger partial charge in [0, 0.05) is 6.54 Å². The Hall–Kier alpha value is -3.02. The maximum atomic E-state index is 13.5. The Balaban J connectivity index is 1.83. The van der Waals surface area contributed by atoms with E-state index in [-0.39, 0.29) is 28.9 Å². The van der Waals surface area contributed by atoms with E-state index in [1.54, 1.807) is 0 Å². The maximum absolute atomic E-state index is 13.5. The minimum atomic E-state index is -4.67.